The molecule has 3 aliphatic rings. The molecular formula is C25H27Cl2FN2O4S. The Bertz CT molecular complexity index is 1250. The number of hydrogen-bond donors (Lipinski definition) is 1. The molecule has 188 valence electrons. The SMILES string of the molecule is O=C(NS(=O)(=O)C1CC1)c1cc(C2CC2)c(O[C@@H]2CCCN(Cc3ccc(Cl)cc3Cl)C2)cc1F. The number of benzene rings is 2. The van der Waals surface area contributed by atoms with Crippen molar-refractivity contribution in [2.75, 3.05) is 13.1 Å². The molecule has 1 atom stereocenters. The van der Waals surface area contributed by atoms with Crippen molar-refractivity contribution in [3.63, 3.8) is 0 Å². The van der Waals surface area contributed by atoms with E-state index in [2.05, 4.69) is 4.90 Å². The van der Waals surface area contributed by atoms with Gasteiger partial charge in [-0.25, -0.2) is 17.5 Å². The molecule has 1 heterocycles. The molecule has 1 aliphatic heterocycles. The largest absolute Gasteiger partial charge is 0.489 e. The third-order valence-electron chi connectivity index (χ3n) is 6.72. The van der Waals surface area contributed by atoms with E-state index in [4.69, 9.17) is 27.9 Å². The van der Waals surface area contributed by atoms with Crippen LogP contribution in [0.5, 0.6) is 5.75 Å². The van der Waals surface area contributed by atoms with E-state index in [1.807, 2.05) is 16.9 Å². The van der Waals surface area contributed by atoms with E-state index in [9.17, 15) is 17.6 Å². The number of halogens is 3. The molecule has 0 unspecified atom stereocenters. The predicted molar refractivity (Wildman–Crippen MR) is 133 cm³/mol. The summed E-state index contributed by atoms with van der Waals surface area (Å²) in [5.74, 6) is -1.09. The van der Waals surface area contributed by atoms with Gasteiger partial charge in [0, 0.05) is 29.2 Å². The van der Waals surface area contributed by atoms with Crippen molar-refractivity contribution < 1.29 is 22.3 Å². The van der Waals surface area contributed by atoms with Crippen LogP contribution in [0, 0.1) is 5.82 Å². The Hall–Kier alpha value is -1.87. The molecule has 2 saturated carbocycles. The summed E-state index contributed by atoms with van der Waals surface area (Å²) < 4.78 is 47.6. The number of nitrogens with zero attached hydrogens (tertiary/aromatic N) is 1. The highest BCUT2D eigenvalue weighted by molar-refractivity contribution is 7.91. The summed E-state index contributed by atoms with van der Waals surface area (Å²) in [6, 6.07) is 8.17. The second kappa shape index (κ2) is 9.88. The lowest BCUT2D eigenvalue weighted by atomic mass is 10.0. The molecule has 1 saturated heterocycles. The van der Waals surface area contributed by atoms with Gasteiger partial charge in [-0.05, 0) is 80.3 Å². The second-order valence-corrected chi connectivity index (χ2v) is 12.5. The van der Waals surface area contributed by atoms with Crippen molar-refractivity contribution in [2.24, 2.45) is 0 Å². The third kappa shape index (κ3) is 5.93. The first-order chi connectivity index (χ1) is 16.7. The van der Waals surface area contributed by atoms with E-state index >= 15 is 0 Å². The van der Waals surface area contributed by atoms with Gasteiger partial charge in [0.25, 0.3) is 5.91 Å². The maximum absolute atomic E-state index is 15.0. The summed E-state index contributed by atoms with van der Waals surface area (Å²) in [6.45, 7) is 2.22. The number of nitrogens with one attached hydrogen (secondary N) is 1. The van der Waals surface area contributed by atoms with Gasteiger partial charge in [0.1, 0.15) is 17.7 Å². The van der Waals surface area contributed by atoms with Crippen molar-refractivity contribution in [3.8, 4) is 5.75 Å². The highest BCUT2D eigenvalue weighted by atomic mass is 35.5. The highest BCUT2D eigenvalue weighted by Crippen LogP contribution is 2.45. The minimum absolute atomic E-state index is 0.137. The average Bonchev–Trinajstić information content (AvgIpc) is 3.68. The maximum atomic E-state index is 15.0. The van der Waals surface area contributed by atoms with Gasteiger partial charge in [-0.15, -0.1) is 0 Å². The number of carbonyl (C=O) groups is 1. The average molecular weight is 541 g/mol. The number of rotatable bonds is 8. The predicted octanol–water partition coefficient (Wildman–Crippen LogP) is 5.28. The van der Waals surface area contributed by atoms with Gasteiger partial charge in [-0.3, -0.25) is 9.69 Å². The molecule has 0 aromatic heterocycles. The maximum Gasteiger partial charge on any atom is 0.267 e. The van der Waals surface area contributed by atoms with Gasteiger partial charge in [-0.2, -0.15) is 0 Å². The van der Waals surface area contributed by atoms with Gasteiger partial charge in [0.2, 0.25) is 10.0 Å². The zero-order valence-electron chi connectivity index (χ0n) is 19.1. The topological polar surface area (TPSA) is 75.7 Å². The minimum atomic E-state index is -3.76. The van der Waals surface area contributed by atoms with Crippen LogP contribution in [0.1, 0.15) is 65.9 Å². The Morgan fingerprint density at radius 1 is 1.11 bits per heavy atom. The van der Waals surface area contributed by atoms with Crippen LogP contribution in [0.25, 0.3) is 0 Å². The minimum Gasteiger partial charge on any atom is -0.489 e. The van der Waals surface area contributed by atoms with Crippen LogP contribution < -0.4 is 9.46 Å². The van der Waals surface area contributed by atoms with Crippen LogP contribution in [0.3, 0.4) is 0 Å². The molecule has 10 heteroatoms. The Labute approximate surface area is 214 Å². The molecule has 5 rings (SSSR count). The number of ether oxygens (including phenoxy) is 1. The fraction of sp³-hybridized carbons (Fsp3) is 0.480. The van der Waals surface area contributed by atoms with Crippen molar-refractivity contribution in [1.82, 2.24) is 9.62 Å². The highest BCUT2D eigenvalue weighted by Gasteiger charge is 2.38. The quantitative estimate of drug-likeness (QED) is 0.493. The number of amides is 1. The van der Waals surface area contributed by atoms with Crippen LogP contribution >= 0.6 is 23.2 Å². The summed E-state index contributed by atoms with van der Waals surface area (Å²) in [5, 5.41) is 0.656. The molecule has 0 spiro atoms. The lowest BCUT2D eigenvalue weighted by Gasteiger charge is -2.33. The molecular weight excluding hydrogens is 514 g/mol. The summed E-state index contributed by atoms with van der Waals surface area (Å²) in [4.78, 5) is 14.8. The molecule has 0 radical (unpaired) electrons. The van der Waals surface area contributed by atoms with Crippen LogP contribution in [0.4, 0.5) is 4.39 Å². The van der Waals surface area contributed by atoms with Gasteiger partial charge in [-0.1, -0.05) is 29.3 Å². The van der Waals surface area contributed by atoms with E-state index < -0.39 is 27.0 Å². The molecule has 35 heavy (non-hydrogen) atoms. The monoisotopic (exact) mass is 540 g/mol. The van der Waals surface area contributed by atoms with E-state index in [0.29, 0.717) is 41.7 Å². The van der Waals surface area contributed by atoms with E-state index in [-0.39, 0.29) is 17.6 Å². The van der Waals surface area contributed by atoms with Crippen molar-refractivity contribution in [1.29, 1.82) is 0 Å². The van der Waals surface area contributed by atoms with Gasteiger partial charge < -0.3 is 4.74 Å². The normalized spacial score (nSPS) is 21.1. The summed E-state index contributed by atoms with van der Waals surface area (Å²) >= 11 is 12.3. The number of sulfonamides is 1. The molecule has 2 aliphatic carbocycles. The van der Waals surface area contributed by atoms with Crippen molar-refractivity contribution in [2.45, 2.75) is 62.3 Å². The summed E-state index contributed by atoms with van der Waals surface area (Å²) in [5.41, 5.74) is 1.49. The smallest absolute Gasteiger partial charge is 0.267 e. The van der Waals surface area contributed by atoms with Gasteiger partial charge in [0.05, 0.1) is 10.8 Å². The van der Waals surface area contributed by atoms with Crippen LogP contribution in [-0.2, 0) is 16.6 Å². The Morgan fingerprint density at radius 2 is 1.89 bits per heavy atom. The Kier molecular flexibility index (Phi) is 7.00. The molecule has 6 nitrogen and oxygen atoms in total. The van der Waals surface area contributed by atoms with Crippen LogP contribution in [0.15, 0.2) is 30.3 Å². The Balaban J connectivity index is 1.30. The molecule has 1 amide bonds. The lowest BCUT2D eigenvalue weighted by Crippen LogP contribution is -2.40. The number of piperidine rings is 1. The summed E-state index contributed by atoms with van der Waals surface area (Å²) in [6.07, 6.45) is 4.52. The van der Waals surface area contributed by atoms with Crippen LogP contribution in [-0.4, -0.2) is 43.7 Å². The zero-order valence-corrected chi connectivity index (χ0v) is 21.4. The first kappa shape index (κ1) is 24.8. The fourth-order valence-corrected chi connectivity index (χ4v) is 6.29. The lowest BCUT2D eigenvalue weighted by molar-refractivity contribution is 0.0832. The molecule has 3 fully saturated rings. The number of carbonyl (C=O) groups excluding carboxylic acids is 1. The first-order valence-corrected chi connectivity index (χ1v) is 14.2. The van der Waals surface area contributed by atoms with E-state index in [1.54, 1.807) is 6.07 Å². The number of likely N-dealkylation sites (tertiary alicyclic amines) is 1. The first-order valence-electron chi connectivity index (χ1n) is 11.9. The molecule has 2 aromatic rings. The zero-order chi connectivity index (χ0) is 24.7. The van der Waals surface area contributed by atoms with Gasteiger partial charge in [0.15, 0.2) is 0 Å². The third-order valence-corrected chi connectivity index (χ3v) is 9.13. The van der Waals surface area contributed by atoms with E-state index in [0.717, 1.165) is 43.4 Å². The van der Waals surface area contributed by atoms with E-state index in [1.165, 1.54) is 12.1 Å². The molecule has 0 bridgehead atoms. The van der Waals surface area contributed by atoms with Crippen LogP contribution in [0.2, 0.25) is 10.0 Å². The molecule has 2 aromatic carbocycles. The van der Waals surface area contributed by atoms with Crippen molar-refractivity contribution in [3.05, 3.63) is 62.9 Å². The van der Waals surface area contributed by atoms with Gasteiger partial charge >= 0.3 is 0 Å². The Morgan fingerprint density at radius 3 is 2.57 bits per heavy atom. The van der Waals surface area contributed by atoms with Crippen molar-refractivity contribution >= 4 is 39.1 Å². The fourth-order valence-electron chi connectivity index (χ4n) is 4.53. The number of hydrogen-bond acceptors (Lipinski definition) is 5. The standard InChI is InChI=1S/C25H27Cl2FN2O4S/c26-17-6-5-16(22(27)10-17)13-30-9-1-2-18(14-30)34-24-12-23(28)21(11-20(24)15-3-4-15)25(31)29-35(32,33)19-7-8-19/h5-6,10-12,15,18-19H,1-4,7-9,13-14H2,(H,29,31)/t18-/m1/s1. The second-order valence-electron chi connectivity index (χ2n) is 9.67. The molecule has 1 N–H and O–H groups in total. The summed E-state index contributed by atoms with van der Waals surface area (Å²) in [7, 11) is -3.76.